The van der Waals surface area contributed by atoms with Crippen molar-refractivity contribution in [3.63, 3.8) is 0 Å². The Labute approximate surface area is 115 Å². The van der Waals surface area contributed by atoms with Gasteiger partial charge in [0.05, 0.1) is 11.6 Å². The van der Waals surface area contributed by atoms with Crippen LogP contribution < -0.4 is 0 Å². The van der Waals surface area contributed by atoms with Gasteiger partial charge in [-0.3, -0.25) is 4.98 Å². The molecule has 0 aliphatic carbocycles. The van der Waals surface area contributed by atoms with Crippen molar-refractivity contribution in [1.82, 2.24) is 25.2 Å². The van der Waals surface area contributed by atoms with Gasteiger partial charge < -0.3 is 0 Å². The Balaban J connectivity index is 2.08. The summed E-state index contributed by atoms with van der Waals surface area (Å²) in [5.74, 6) is 0. The summed E-state index contributed by atoms with van der Waals surface area (Å²) < 4.78 is 0. The van der Waals surface area contributed by atoms with Gasteiger partial charge in [-0.25, -0.2) is 0 Å². The lowest BCUT2D eigenvalue weighted by Crippen LogP contribution is -2.15. The van der Waals surface area contributed by atoms with Crippen molar-refractivity contribution >= 4 is 0 Å². The smallest absolute Gasteiger partial charge is 0.162 e. The molecule has 0 radical (unpaired) electrons. The van der Waals surface area contributed by atoms with Gasteiger partial charge in [0.1, 0.15) is 6.04 Å². The number of pyridine rings is 1. The topological polar surface area (TPSA) is 80.3 Å². The van der Waals surface area contributed by atoms with Crippen LogP contribution in [-0.2, 0) is 0 Å². The molecule has 0 aliphatic rings. The maximum absolute atomic E-state index is 8.87. The quantitative estimate of drug-likeness (QED) is 0.715. The van der Waals surface area contributed by atoms with Crippen molar-refractivity contribution in [3.8, 4) is 6.07 Å². The Morgan fingerprint density at radius 2 is 1.95 bits per heavy atom. The van der Waals surface area contributed by atoms with Crippen LogP contribution in [0.5, 0.6) is 0 Å². The molecule has 6 nitrogen and oxygen atoms in total. The lowest BCUT2D eigenvalue weighted by Gasteiger charge is -2.16. The van der Waals surface area contributed by atoms with E-state index in [0.29, 0.717) is 5.56 Å². The number of hydrogen-bond donors (Lipinski definition) is 0. The van der Waals surface area contributed by atoms with Crippen LogP contribution in [0.1, 0.15) is 22.7 Å². The molecule has 3 rings (SSSR count). The minimum absolute atomic E-state index is 0.209. The fraction of sp³-hybridized carbons (Fsp3) is 0.0714. The monoisotopic (exact) mass is 262 g/mol. The maximum Gasteiger partial charge on any atom is 0.162 e. The van der Waals surface area contributed by atoms with Crippen LogP contribution in [0.15, 0.2) is 55.1 Å². The van der Waals surface area contributed by atoms with Gasteiger partial charge in [-0.1, -0.05) is 18.2 Å². The Kier molecular flexibility index (Phi) is 3.17. The SMILES string of the molecule is N#Cc1ccc(C(c2cccnc2)n2ncnn2)cc1. The standard InChI is InChI=1S/C14H10N6/c15-8-11-3-5-12(6-4-11)14(20-18-10-17-19-20)13-2-1-7-16-9-13/h1-7,9-10,14H. The molecule has 0 saturated heterocycles. The molecule has 0 fully saturated rings. The molecule has 96 valence electrons. The van der Waals surface area contributed by atoms with Crippen molar-refractivity contribution in [3.05, 3.63) is 71.8 Å². The Bertz CT molecular complexity index is 713. The highest BCUT2D eigenvalue weighted by Crippen LogP contribution is 2.24. The van der Waals surface area contributed by atoms with Crippen LogP contribution in [0.25, 0.3) is 0 Å². The normalized spacial score (nSPS) is 11.8. The predicted octanol–water partition coefficient (Wildman–Crippen LogP) is 1.58. The molecule has 0 amide bonds. The van der Waals surface area contributed by atoms with E-state index in [4.69, 9.17) is 5.26 Å². The Hall–Kier alpha value is -3.07. The summed E-state index contributed by atoms with van der Waals surface area (Å²) in [6.07, 6.45) is 4.88. The molecule has 0 bridgehead atoms. The van der Waals surface area contributed by atoms with Gasteiger partial charge in [-0.05, 0) is 29.0 Å². The van der Waals surface area contributed by atoms with E-state index in [1.807, 2.05) is 24.3 Å². The molecule has 20 heavy (non-hydrogen) atoms. The van der Waals surface area contributed by atoms with Gasteiger partial charge in [0.15, 0.2) is 6.33 Å². The van der Waals surface area contributed by atoms with Crippen LogP contribution in [0.3, 0.4) is 0 Å². The van der Waals surface area contributed by atoms with Gasteiger partial charge in [0, 0.05) is 18.0 Å². The molecular weight excluding hydrogens is 252 g/mol. The molecule has 0 N–H and O–H groups in total. The van der Waals surface area contributed by atoms with E-state index in [-0.39, 0.29) is 6.04 Å². The maximum atomic E-state index is 8.87. The zero-order valence-corrected chi connectivity index (χ0v) is 10.5. The second kappa shape index (κ2) is 5.28. The first-order valence-corrected chi connectivity index (χ1v) is 6.01. The second-order valence-electron chi connectivity index (χ2n) is 4.18. The van der Waals surface area contributed by atoms with Crippen LogP contribution in [0.2, 0.25) is 0 Å². The number of benzene rings is 1. The first-order valence-electron chi connectivity index (χ1n) is 6.01. The van der Waals surface area contributed by atoms with Crippen LogP contribution >= 0.6 is 0 Å². The van der Waals surface area contributed by atoms with Gasteiger partial charge >= 0.3 is 0 Å². The molecule has 2 aromatic heterocycles. The van der Waals surface area contributed by atoms with E-state index < -0.39 is 0 Å². The van der Waals surface area contributed by atoms with E-state index in [1.54, 1.807) is 24.5 Å². The largest absolute Gasteiger partial charge is 0.264 e. The van der Waals surface area contributed by atoms with E-state index in [0.717, 1.165) is 11.1 Å². The number of nitriles is 1. The van der Waals surface area contributed by atoms with Crippen molar-refractivity contribution in [2.75, 3.05) is 0 Å². The molecule has 6 heteroatoms. The molecular formula is C14H10N6. The van der Waals surface area contributed by atoms with Crippen molar-refractivity contribution in [2.45, 2.75) is 6.04 Å². The molecule has 0 saturated carbocycles. The second-order valence-corrected chi connectivity index (χ2v) is 4.18. The van der Waals surface area contributed by atoms with E-state index >= 15 is 0 Å². The van der Waals surface area contributed by atoms with Gasteiger partial charge in [-0.15, -0.1) is 10.2 Å². The van der Waals surface area contributed by atoms with Crippen LogP contribution in [0.4, 0.5) is 0 Å². The third-order valence-corrected chi connectivity index (χ3v) is 2.95. The van der Waals surface area contributed by atoms with Gasteiger partial charge in [-0.2, -0.15) is 10.1 Å². The fourth-order valence-electron chi connectivity index (χ4n) is 2.03. The third kappa shape index (κ3) is 2.24. The predicted molar refractivity (Wildman–Crippen MR) is 70.5 cm³/mol. The minimum atomic E-state index is -0.209. The molecule has 0 aliphatic heterocycles. The van der Waals surface area contributed by atoms with Crippen LogP contribution in [0, 0.1) is 11.3 Å². The summed E-state index contributed by atoms with van der Waals surface area (Å²) in [4.78, 5) is 5.66. The van der Waals surface area contributed by atoms with Crippen LogP contribution in [-0.4, -0.2) is 25.2 Å². The first-order chi connectivity index (χ1) is 9.88. The highest BCUT2D eigenvalue weighted by molar-refractivity contribution is 5.36. The average Bonchev–Trinajstić information content (AvgIpc) is 3.03. The molecule has 3 aromatic rings. The Morgan fingerprint density at radius 3 is 2.55 bits per heavy atom. The van der Waals surface area contributed by atoms with Crippen molar-refractivity contribution in [1.29, 1.82) is 5.26 Å². The number of nitrogens with zero attached hydrogens (tertiary/aromatic N) is 6. The summed E-state index contributed by atoms with van der Waals surface area (Å²) >= 11 is 0. The lowest BCUT2D eigenvalue weighted by atomic mass is 10.00. The molecule has 1 atom stereocenters. The number of rotatable bonds is 3. The summed E-state index contributed by atoms with van der Waals surface area (Å²) in [7, 11) is 0. The zero-order chi connectivity index (χ0) is 13.8. The molecule has 0 spiro atoms. The summed E-state index contributed by atoms with van der Waals surface area (Å²) in [6.45, 7) is 0. The molecule has 1 aromatic carbocycles. The average molecular weight is 262 g/mol. The van der Waals surface area contributed by atoms with E-state index in [1.165, 1.54) is 11.1 Å². The summed E-state index contributed by atoms with van der Waals surface area (Å²) in [5.41, 5.74) is 2.54. The van der Waals surface area contributed by atoms with Gasteiger partial charge in [0.25, 0.3) is 0 Å². The zero-order valence-electron chi connectivity index (χ0n) is 10.5. The van der Waals surface area contributed by atoms with Gasteiger partial charge in [0.2, 0.25) is 0 Å². The summed E-state index contributed by atoms with van der Waals surface area (Å²) in [6, 6.07) is 13.0. The number of tetrazole rings is 1. The molecule has 2 heterocycles. The summed E-state index contributed by atoms with van der Waals surface area (Å²) in [5, 5.41) is 20.7. The van der Waals surface area contributed by atoms with E-state index in [9.17, 15) is 0 Å². The first kappa shape index (κ1) is 12.0. The van der Waals surface area contributed by atoms with Crippen molar-refractivity contribution < 1.29 is 0 Å². The fourth-order valence-corrected chi connectivity index (χ4v) is 2.03. The molecule has 1 unspecified atom stereocenters. The number of aromatic nitrogens is 5. The minimum Gasteiger partial charge on any atom is -0.264 e. The Morgan fingerprint density at radius 1 is 1.10 bits per heavy atom. The lowest BCUT2D eigenvalue weighted by molar-refractivity contribution is 0.503. The highest BCUT2D eigenvalue weighted by Gasteiger charge is 2.18. The number of hydrogen-bond acceptors (Lipinski definition) is 5. The third-order valence-electron chi connectivity index (χ3n) is 2.95. The highest BCUT2D eigenvalue weighted by atomic mass is 15.6. The van der Waals surface area contributed by atoms with E-state index in [2.05, 4.69) is 26.5 Å². The van der Waals surface area contributed by atoms with Crippen molar-refractivity contribution in [2.24, 2.45) is 0 Å².